The smallest absolute Gasteiger partial charge is 0.138 e. The molecule has 1 aromatic heterocycles. The number of hydrogen-bond acceptors (Lipinski definition) is 2. The molecule has 55 heavy (non-hydrogen) atoms. The molecule has 0 unspecified atom stereocenters. The van der Waals surface area contributed by atoms with E-state index in [1.165, 1.54) is 54.9 Å². The van der Waals surface area contributed by atoms with Crippen molar-refractivity contribution < 1.29 is 4.42 Å². The van der Waals surface area contributed by atoms with E-state index in [4.69, 9.17) is 4.42 Å². The molecule has 0 N–H and O–H groups in total. The molecule has 0 bridgehead atoms. The molecule has 1 heterocycles. The molecule has 0 saturated heterocycles. The lowest BCUT2D eigenvalue weighted by molar-refractivity contribution is 0.629. The molecule has 0 aliphatic heterocycles. The molecule has 0 spiro atoms. The predicted octanol–water partition coefficient (Wildman–Crippen LogP) is 15.2. The van der Waals surface area contributed by atoms with Crippen molar-refractivity contribution >= 4 is 49.6 Å². The third kappa shape index (κ3) is 6.04. The monoisotopic (exact) mass is 703 g/mol. The maximum Gasteiger partial charge on any atom is 0.138 e. The number of fused-ring (bicyclic) bond motifs is 3. The number of benzene rings is 9. The van der Waals surface area contributed by atoms with Crippen molar-refractivity contribution in [3.8, 4) is 44.7 Å². The Balaban J connectivity index is 0.964. The van der Waals surface area contributed by atoms with E-state index in [0.29, 0.717) is 0 Å². The number of anilines is 3. The maximum absolute atomic E-state index is 6.29. The van der Waals surface area contributed by atoms with Crippen LogP contribution in [0.2, 0.25) is 0 Å². The lowest BCUT2D eigenvalue weighted by atomic mass is 9.97. The van der Waals surface area contributed by atoms with Gasteiger partial charge in [0.05, 0.1) is 5.69 Å². The summed E-state index contributed by atoms with van der Waals surface area (Å²) in [6.45, 7) is 2.14. The highest BCUT2D eigenvalue weighted by Gasteiger charge is 2.17. The second-order valence-corrected chi connectivity index (χ2v) is 14.2. The number of para-hydroxylation sites is 1. The van der Waals surface area contributed by atoms with Crippen LogP contribution in [0.25, 0.3) is 77.2 Å². The fraction of sp³-hybridized carbons (Fsp3) is 0.0189. The van der Waals surface area contributed by atoms with Crippen molar-refractivity contribution in [3.05, 3.63) is 212 Å². The minimum absolute atomic E-state index is 0.922. The Morgan fingerprint density at radius 1 is 0.345 bits per heavy atom. The average Bonchev–Trinajstić information content (AvgIpc) is 3.60. The molecule has 0 aliphatic carbocycles. The van der Waals surface area contributed by atoms with E-state index < -0.39 is 0 Å². The molecule has 10 rings (SSSR count). The summed E-state index contributed by atoms with van der Waals surface area (Å²) in [5, 5.41) is 6.09. The molecule has 0 radical (unpaired) electrons. The van der Waals surface area contributed by atoms with E-state index in [9.17, 15) is 0 Å². The second-order valence-electron chi connectivity index (χ2n) is 14.2. The third-order valence-electron chi connectivity index (χ3n) is 10.9. The van der Waals surface area contributed by atoms with E-state index in [1.807, 2.05) is 12.1 Å². The zero-order valence-corrected chi connectivity index (χ0v) is 30.5. The third-order valence-corrected chi connectivity index (χ3v) is 10.9. The summed E-state index contributed by atoms with van der Waals surface area (Å²) in [6.07, 6.45) is 0. The van der Waals surface area contributed by atoms with Gasteiger partial charge < -0.3 is 9.32 Å². The highest BCUT2D eigenvalue weighted by Crippen LogP contribution is 2.41. The molecule has 260 valence electrons. The maximum atomic E-state index is 6.29. The Bertz CT molecular complexity index is 2970. The highest BCUT2D eigenvalue weighted by atomic mass is 16.3. The van der Waals surface area contributed by atoms with Gasteiger partial charge in [-0.3, -0.25) is 0 Å². The van der Waals surface area contributed by atoms with Crippen LogP contribution in [0.5, 0.6) is 0 Å². The zero-order valence-electron chi connectivity index (χ0n) is 30.5. The first-order valence-electron chi connectivity index (χ1n) is 18.8. The van der Waals surface area contributed by atoms with Crippen molar-refractivity contribution in [1.82, 2.24) is 0 Å². The van der Waals surface area contributed by atoms with Crippen molar-refractivity contribution in [2.75, 3.05) is 4.90 Å². The lowest BCUT2D eigenvalue weighted by Crippen LogP contribution is -2.10. The first-order valence-corrected chi connectivity index (χ1v) is 18.8. The van der Waals surface area contributed by atoms with E-state index >= 15 is 0 Å². The van der Waals surface area contributed by atoms with Crippen molar-refractivity contribution in [1.29, 1.82) is 0 Å². The van der Waals surface area contributed by atoms with E-state index in [2.05, 4.69) is 206 Å². The zero-order chi connectivity index (χ0) is 36.7. The van der Waals surface area contributed by atoms with Crippen molar-refractivity contribution in [2.24, 2.45) is 0 Å². The Morgan fingerprint density at radius 2 is 0.836 bits per heavy atom. The minimum atomic E-state index is 0.922. The molecule has 2 heteroatoms. The first kappa shape index (κ1) is 32.5. The van der Waals surface area contributed by atoms with Crippen molar-refractivity contribution in [3.63, 3.8) is 0 Å². The molecular formula is C53H37NO. The van der Waals surface area contributed by atoms with Crippen LogP contribution >= 0.6 is 0 Å². The van der Waals surface area contributed by atoms with Crippen LogP contribution in [-0.4, -0.2) is 0 Å². The van der Waals surface area contributed by atoms with Crippen LogP contribution in [0.4, 0.5) is 17.1 Å². The van der Waals surface area contributed by atoms with Gasteiger partial charge in [0, 0.05) is 33.3 Å². The van der Waals surface area contributed by atoms with Gasteiger partial charge in [-0.15, -0.1) is 0 Å². The van der Waals surface area contributed by atoms with Gasteiger partial charge in [-0.25, -0.2) is 0 Å². The molecule has 0 atom stereocenters. The molecule has 10 aromatic rings. The summed E-state index contributed by atoms with van der Waals surface area (Å²) < 4.78 is 6.29. The summed E-state index contributed by atoms with van der Waals surface area (Å²) >= 11 is 0. The van der Waals surface area contributed by atoms with Gasteiger partial charge in [0.2, 0.25) is 0 Å². The number of aryl methyl sites for hydroxylation is 1. The summed E-state index contributed by atoms with van der Waals surface area (Å²) in [6, 6.07) is 74.0. The van der Waals surface area contributed by atoms with Crippen LogP contribution in [0.1, 0.15) is 5.56 Å². The van der Waals surface area contributed by atoms with Crippen LogP contribution in [-0.2, 0) is 0 Å². The van der Waals surface area contributed by atoms with E-state index in [-0.39, 0.29) is 0 Å². The summed E-state index contributed by atoms with van der Waals surface area (Å²) in [5.41, 5.74) is 13.6. The van der Waals surface area contributed by atoms with E-state index in [0.717, 1.165) is 44.9 Å². The van der Waals surface area contributed by atoms with Gasteiger partial charge in [0.25, 0.3) is 0 Å². The standard InChI is InChI=1S/C53H37NO/c1-36-49-16-6-7-19-52(49)55-53(36)46-15-8-14-44(35-46)40-22-20-38(21-23-40)39-26-30-47(31-27-39)54(51-18-9-13-42-11-4-5-17-50(42)51)48-32-28-41(29-33-48)45-25-24-37-10-2-3-12-43(37)34-45/h2-35H,1H3. The Kier molecular flexibility index (Phi) is 8.08. The van der Waals surface area contributed by atoms with Crippen LogP contribution in [0.15, 0.2) is 211 Å². The van der Waals surface area contributed by atoms with Crippen LogP contribution < -0.4 is 4.90 Å². The molecule has 0 saturated carbocycles. The fourth-order valence-corrected chi connectivity index (χ4v) is 7.95. The van der Waals surface area contributed by atoms with E-state index in [1.54, 1.807) is 0 Å². The van der Waals surface area contributed by atoms with Gasteiger partial charge in [-0.1, -0.05) is 158 Å². The molecule has 0 amide bonds. The van der Waals surface area contributed by atoms with Gasteiger partial charge in [-0.2, -0.15) is 0 Å². The molecular weight excluding hydrogens is 667 g/mol. The highest BCUT2D eigenvalue weighted by molar-refractivity contribution is 5.99. The summed E-state index contributed by atoms with van der Waals surface area (Å²) in [5.74, 6) is 0.929. The topological polar surface area (TPSA) is 16.4 Å². The summed E-state index contributed by atoms with van der Waals surface area (Å²) in [7, 11) is 0. The molecule has 0 fully saturated rings. The van der Waals surface area contributed by atoms with Gasteiger partial charge in [-0.05, 0) is 105 Å². The van der Waals surface area contributed by atoms with Crippen LogP contribution in [0.3, 0.4) is 0 Å². The largest absolute Gasteiger partial charge is 0.456 e. The van der Waals surface area contributed by atoms with Gasteiger partial charge in [0.1, 0.15) is 11.3 Å². The second kappa shape index (κ2) is 13.7. The summed E-state index contributed by atoms with van der Waals surface area (Å²) in [4.78, 5) is 2.37. The SMILES string of the molecule is Cc1c(-c2cccc(-c3ccc(-c4ccc(N(c5ccc(-c6ccc7ccccc7c6)cc5)c5cccc6ccccc56)cc4)cc3)c2)oc2ccccc12. The van der Waals surface area contributed by atoms with Crippen molar-refractivity contribution in [2.45, 2.75) is 6.92 Å². The first-order chi connectivity index (χ1) is 27.2. The molecule has 0 aliphatic rings. The lowest BCUT2D eigenvalue weighted by Gasteiger charge is -2.27. The fourth-order valence-electron chi connectivity index (χ4n) is 7.95. The van der Waals surface area contributed by atoms with Gasteiger partial charge in [0.15, 0.2) is 0 Å². The van der Waals surface area contributed by atoms with Crippen LogP contribution in [0, 0.1) is 6.92 Å². The number of nitrogens with zero attached hydrogens (tertiary/aromatic N) is 1. The minimum Gasteiger partial charge on any atom is -0.456 e. The predicted molar refractivity (Wildman–Crippen MR) is 232 cm³/mol. The average molecular weight is 704 g/mol. The quantitative estimate of drug-likeness (QED) is 0.164. The molecule has 2 nitrogen and oxygen atoms in total. The molecule has 9 aromatic carbocycles. The Labute approximate surface area is 321 Å². The number of furan rings is 1. The number of rotatable bonds is 7. The Morgan fingerprint density at radius 3 is 1.53 bits per heavy atom. The Hall–Kier alpha value is -7.16. The normalized spacial score (nSPS) is 11.4. The van der Waals surface area contributed by atoms with Gasteiger partial charge >= 0.3 is 0 Å². The number of hydrogen-bond donors (Lipinski definition) is 0.